The third-order valence-corrected chi connectivity index (χ3v) is 4.61. The van der Waals surface area contributed by atoms with E-state index in [0.29, 0.717) is 22.7 Å². The minimum Gasteiger partial charge on any atom is -0.459 e. The second-order valence-electron chi connectivity index (χ2n) is 7.07. The van der Waals surface area contributed by atoms with Crippen molar-refractivity contribution in [3.8, 4) is 17.4 Å². The number of benzene rings is 1. The Kier molecular flexibility index (Phi) is 5.70. The van der Waals surface area contributed by atoms with E-state index in [-0.39, 0.29) is 17.3 Å². The third kappa shape index (κ3) is 3.94. The predicted octanol–water partition coefficient (Wildman–Crippen LogP) is 3.73. The summed E-state index contributed by atoms with van der Waals surface area (Å²) in [6.07, 6.45) is 1.31. The maximum Gasteiger partial charge on any atom is 0.338 e. The number of nitrogens with zero attached hydrogens (tertiary/aromatic N) is 2. The van der Waals surface area contributed by atoms with Crippen LogP contribution in [0.5, 0.6) is 0 Å². The molecule has 0 bridgehead atoms. The number of likely N-dealkylation sites (N-methyl/N-ethyl adjacent to an activating group) is 1. The maximum absolute atomic E-state index is 12.5. The van der Waals surface area contributed by atoms with Gasteiger partial charge in [-0.2, -0.15) is 5.26 Å². The fourth-order valence-electron chi connectivity index (χ4n) is 2.98. The lowest BCUT2D eigenvalue weighted by molar-refractivity contribution is -0.138. The lowest BCUT2D eigenvalue weighted by Gasteiger charge is -2.23. The van der Waals surface area contributed by atoms with Gasteiger partial charge in [-0.15, -0.1) is 0 Å². The zero-order chi connectivity index (χ0) is 22.0. The number of hydrogen-bond acceptors (Lipinski definition) is 6. The van der Waals surface area contributed by atoms with Crippen LogP contribution < -0.4 is 0 Å². The average molecular weight is 404 g/mol. The Morgan fingerprint density at radius 1 is 1.13 bits per heavy atom. The summed E-state index contributed by atoms with van der Waals surface area (Å²) < 4.78 is 11.0. The van der Waals surface area contributed by atoms with E-state index in [9.17, 15) is 19.6 Å². The van der Waals surface area contributed by atoms with Crippen LogP contribution in [0.3, 0.4) is 0 Å². The molecule has 0 unspecified atom stereocenters. The highest BCUT2D eigenvalue weighted by atomic mass is 16.5. The molecule has 0 aliphatic carbocycles. The number of ether oxygens (including phenoxy) is 1. The van der Waals surface area contributed by atoms with Gasteiger partial charge in [0.25, 0.3) is 11.8 Å². The molecule has 152 valence electrons. The van der Waals surface area contributed by atoms with E-state index in [4.69, 9.17) is 9.15 Å². The Hall–Kier alpha value is -3.92. The monoisotopic (exact) mass is 404 g/mol. The summed E-state index contributed by atoms with van der Waals surface area (Å²) in [5.41, 5.74) is 1.65. The van der Waals surface area contributed by atoms with Crippen molar-refractivity contribution >= 4 is 23.9 Å². The number of hydrogen-bond donors (Lipinski definition) is 0. The Morgan fingerprint density at radius 2 is 1.80 bits per heavy atom. The van der Waals surface area contributed by atoms with Gasteiger partial charge >= 0.3 is 5.97 Å². The minimum absolute atomic E-state index is 0.0704. The van der Waals surface area contributed by atoms with Crippen molar-refractivity contribution in [2.75, 3.05) is 7.05 Å². The van der Waals surface area contributed by atoms with Gasteiger partial charge in [0.05, 0.1) is 11.7 Å². The molecule has 3 rings (SSSR count). The lowest BCUT2D eigenvalue weighted by Crippen LogP contribution is -2.39. The highest BCUT2D eigenvalue weighted by Crippen LogP contribution is 2.28. The van der Waals surface area contributed by atoms with E-state index in [2.05, 4.69) is 0 Å². The zero-order valence-corrected chi connectivity index (χ0v) is 17.1. The second-order valence-corrected chi connectivity index (χ2v) is 7.07. The summed E-state index contributed by atoms with van der Waals surface area (Å²) in [5.74, 6) is -0.571. The smallest absolute Gasteiger partial charge is 0.338 e. The predicted molar refractivity (Wildman–Crippen MR) is 109 cm³/mol. The van der Waals surface area contributed by atoms with Gasteiger partial charge < -0.3 is 9.15 Å². The quantitative estimate of drug-likeness (QED) is 0.437. The number of furan rings is 1. The number of amides is 2. The molecule has 0 spiro atoms. The molecule has 0 atom stereocenters. The van der Waals surface area contributed by atoms with Crippen molar-refractivity contribution in [2.45, 2.75) is 26.9 Å². The van der Waals surface area contributed by atoms with Crippen LogP contribution in [0, 0.1) is 11.3 Å². The molecule has 0 fully saturated rings. The molecule has 1 aromatic heterocycles. The van der Waals surface area contributed by atoms with Crippen LogP contribution >= 0.6 is 0 Å². The molecule has 0 radical (unpaired) electrons. The molecule has 2 heterocycles. The van der Waals surface area contributed by atoms with Crippen molar-refractivity contribution < 1.29 is 23.5 Å². The van der Waals surface area contributed by atoms with Crippen LogP contribution in [0.4, 0.5) is 0 Å². The van der Waals surface area contributed by atoms with Gasteiger partial charge in [-0.3, -0.25) is 14.5 Å². The van der Waals surface area contributed by atoms with E-state index in [1.54, 1.807) is 57.2 Å². The number of carbonyl (C=O) groups is 3. The molecule has 1 aliphatic rings. The molecule has 1 aromatic carbocycles. The zero-order valence-electron chi connectivity index (χ0n) is 17.1. The summed E-state index contributed by atoms with van der Waals surface area (Å²) in [7, 11) is 1.34. The van der Waals surface area contributed by atoms with Crippen LogP contribution in [-0.2, 0) is 14.3 Å². The van der Waals surface area contributed by atoms with E-state index in [1.807, 2.05) is 6.07 Å². The molecule has 7 nitrogen and oxygen atoms in total. The summed E-state index contributed by atoms with van der Waals surface area (Å²) in [6, 6.07) is 12.1. The van der Waals surface area contributed by atoms with Crippen LogP contribution in [0.25, 0.3) is 17.4 Å². The fourth-order valence-corrected chi connectivity index (χ4v) is 2.98. The number of carbonyl (C=O) groups excluding carboxylic acids is 3. The molecule has 7 heteroatoms. The van der Waals surface area contributed by atoms with Crippen molar-refractivity contribution in [1.82, 2.24) is 4.90 Å². The van der Waals surface area contributed by atoms with E-state index in [1.165, 1.54) is 13.1 Å². The molecule has 2 aromatic rings. The number of rotatable bonds is 4. The summed E-state index contributed by atoms with van der Waals surface area (Å²) in [6.45, 7) is 5.13. The maximum atomic E-state index is 12.5. The topological polar surface area (TPSA) is 101 Å². The first kappa shape index (κ1) is 20.8. The molecule has 1 aliphatic heterocycles. The van der Waals surface area contributed by atoms with Crippen LogP contribution in [0.15, 0.2) is 57.5 Å². The van der Waals surface area contributed by atoms with Gasteiger partial charge in [0.1, 0.15) is 23.2 Å². The Labute approximate surface area is 173 Å². The molecule has 0 saturated carbocycles. The highest BCUT2D eigenvalue weighted by Gasteiger charge is 2.33. The molecular weight excluding hydrogens is 384 g/mol. The molecule has 2 amide bonds. The van der Waals surface area contributed by atoms with Crippen LogP contribution in [-0.4, -0.2) is 35.8 Å². The molecule has 0 N–H and O–H groups in total. The van der Waals surface area contributed by atoms with Crippen molar-refractivity contribution in [3.05, 3.63) is 64.4 Å². The number of imide groups is 1. The fraction of sp³-hybridized carbons (Fsp3) is 0.217. The molecular formula is C23H20N2O5. The molecule has 0 saturated heterocycles. The average Bonchev–Trinajstić information content (AvgIpc) is 3.18. The Balaban J connectivity index is 1.89. The van der Waals surface area contributed by atoms with Crippen molar-refractivity contribution in [3.63, 3.8) is 0 Å². The normalized spacial score (nSPS) is 15.7. The molecule has 30 heavy (non-hydrogen) atoms. The van der Waals surface area contributed by atoms with Crippen molar-refractivity contribution in [1.29, 1.82) is 5.26 Å². The van der Waals surface area contributed by atoms with Gasteiger partial charge in [-0.25, -0.2) is 4.79 Å². The van der Waals surface area contributed by atoms with Gasteiger partial charge in [-0.1, -0.05) is 12.1 Å². The van der Waals surface area contributed by atoms with Crippen LogP contribution in [0.1, 0.15) is 36.9 Å². The number of nitriles is 1. The summed E-state index contributed by atoms with van der Waals surface area (Å²) in [5, 5.41) is 9.23. The van der Waals surface area contributed by atoms with Gasteiger partial charge in [0, 0.05) is 18.2 Å². The Bertz CT molecular complexity index is 1130. The SMILES string of the molecule is CC1=C(C#N)C(=O)N(C)C(=O)/C1=C/c1ccc(-c2ccc(C(=O)OC(C)C)cc2)o1. The van der Waals surface area contributed by atoms with Crippen molar-refractivity contribution in [2.24, 2.45) is 0 Å². The standard InChI is InChI=1S/C23H20N2O5/c1-13(2)29-23(28)16-7-5-15(6-8-16)20-10-9-17(30-20)11-18-14(3)19(12-24)22(27)25(4)21(18)26/h5-11,13H,1-4H3/b18-11+. The Morgan fingerprint density at radius 3 is 2.40 bits per heavy atom. The largest absolute Gasteiger partial charge is 0.459 e. The first-order valence-corrected chi connectivity index (χ1v) is 9.29. The third-order valence-electron chi connectivity index (χ3n) is 4.61. The van der Waals surface area contributed by atoms with E-state index < -0.39 is 17.8 Å². The first-order chi connectivity index (χ1) is 14.2. The highest BCUT2D eigenvalue weighted by molar-refractivity contribution is 6.19. The lowest BCUT2D eigenvalue weighted by atomic mass is 9.95. The summed E-state index contributed by atoms with van der Waals surface area (Å²) in [4.78, 5) is 37.4. The number of esters is 1. The summed E-state index contributed by atoms with van der Waals surface area (Å²) >= 11 is 0. The van der Waals surface area contributed by atoms with Gasteiger partial charge in [-0.05, 0) is 56.7 Å². The minimum atomic E-state index is -0.617. The second kappa shape index (κ2) is 8.21. The van der Waals surface area contributed by atoms with Gasteiger partial charge in [0.15, 0.2) is 0 Å². The first-order valence-electron chi connectivity index (χ1n) is 9.29. The van der Waals surface area contributed by atoms with Crippen LogP contribution in [0.2, 0.25) is 0 Å². The van der Waals surface area contributed by atoms with E-state index in [0.717, 1.165) is 10.5 Å². The van der Waals surface area contributed by atoms with Gasteiger partial charge in [0.2, 0.25) is 0 Å². The van der Waals surface area contributed by atoms with E-state index >= 15 is 0 Å².